The van der Waals surface area contributed by atoms with Crippen molar-refractivity contribution in [2.24, 2.45) is 0 Å². The maximum Gasteiger partial charge on any atom is 0.558 e. The number of para-hydroxylation sites is 1. The topological polar surface area (TPSA) is 48.0 Å². The molecule has 1 saturated heterocycles. The van der Waals surface area contributed by atoms with Crippen LogP contribution in [0.15, 0.2) is 30.3 Å². The molecule has 1 aromatic rings. The van der Waals surface area contributed by atoms with E-state index in [9.17, 15) is 18.0 Å². The van der Waals surface area contributed by atoms with Crippen LogP contribution in [0.25, 0.3) is 0 Å². The minimum absolute atomic E-state index is 0.248. The molecule has 1 aliphatic heterocycles. The summed E-state index contributed by atoms with van der Waals surface area (Å²) >= 11 is 0. The molecule has 1 heterocycles. The van der Waals surface area contributed by atoms with Gasteiger partial charge in [0.1, 0.15) is 5.75 Å². The Morgan fingerprint density at radius 3 is 2.57 bits per heavy atom. The van der Waals surface area contributed by atoms with Crippen LogP contribution in [0, 0.1) is 0 Å². The van der Waals surface area contributed by atoms with Crippen molar-refractivity contribution < 1.29 is 32.5 Å². The number of amides is 1. The maximum atomic E-state index is 11.9. The van der Waals surface area contributed by atoms with Crippen LogP contribution in [0.2, 0.25) is 0 Å². The fraction of sp³-hybridized carbons (Fsp3) is 0.462. The minimum atomic E-state index is -5.03. The van der Waals surface area contributed by atoms with E-state index in [1.165, 1.54) is 0 Å². The van der Waals surface area contributed by atoms with Crippen molar-refractivity contribution in [3.8, 4) is 5.75 Å². The molecule has 0 aromatic heterocycles. The second kappa shape index (κ2) is 6.66. The van der Waals surface area contributed by atoms with Gasteiger partial charge in [0.05, 0.1) is 0 Å². The fourth-order valence-electron chi connectivity index (χ4n) is 2.02. The molecule has 1 aliphatic rings. The molecule has 1 aromatic carbocycles. The first-order valence-corrected chi connectivity index (χ1v) is 6.40. The van der Waals surface area contributed by atoms with Gasteiger partial charge in [-0.25, -0.2) is 4.79 Å². The molecule has 5 nitrogen and oxygen atoms in total. The predicted octanol–water partition coefficient (Wildman–Crippen LogP) is 3.47. The summed E-state index contributed by atoms with van der Waals surface area (Å²) in [4.78, 5) is 19.6. The molecular formula is C13H14F3NO4. The zero-order valence-electron chi connectivity index (χ0n) is 11.0. The zero-order chi connectivity index (χ0) is 15.3. The standard InChI is InChI=1S/C13H14F3NO4/c14-13(15,16)21-20-12(18)17-9-5-4-8-11(17)19-10-6-2-1-3-7-10/h1-3,6-7,11H,4-5,8-9H2. The van der Waals surface area contributed by atoms with Crippen LogP contribution in [0.5, 0.6) is 5.75 Å². The van der Waals surface area contributed by atoms with E-state index in [1.54, 1.807) is 30.3 Å². The highest BCUT2D eigenvalue weighted by atomic mass is 19.4. The molecule has 0 radical (unpaired) electrons. The number of alkyl halides is 3. The molecule has 8 heteroatoms. The van der Waals surface area contributed by atoms with Crippen molar-refractivity contribution in [3.05, 3.63) is 30.3 Å². The zero-order valence-corrected chi connectivity index (χ0v) is 11.0. The number of nitrogens with zero attached hydrogens (tertiary/aromatic N) is 1. The van der Waals surface area contributed by atoms with Crippen LogP contribution in [0.3, 0.4) is 0 Å². The number of rotatable bonds is 3. The molecule has 116 valence electrons. The van der Waals surface area contributed by atoms with Gasteiger partial charge in [-0.1, -0.05) is 23.1 Å². The molecule has 0 spiro atoms. The predicted molar refractivity (Wildman–Crippen MR) is 65.0 cm³/mol. The van der Waals surface area contributed by atoms with Crippen molar-refractivity contribution in [2.45, 2.75) is 31.9 Å². The molecule has 0 aliphatic carbocycles. The number of ether oxygens (including phenoxy) is 1. The van der Waals surface area contributed by atoms with Crippen LogP contribution in [0.4, 0.5) is 18.0 Å². The van der Waals surface area contributed by atoms with Gasteiger partial charge < -0.3 is 4.74 Å². The number of hydrogen-bond donors (Lipinski definition) is 0. The molecule has 0 bridgehead atoms. The molecule has 0 saturated carbocycles. The van der Waals surface area contributed by atoms with Gasteiger partial charge in [-0.3, -0.25) is 9.79 Å². The Morgan fingerprint density at radius 2 is 1.90 bits per heavy atom. The monoisotopic (exact) mass is 305 g/mol. The number of benzene rings is 1. The lowest BCUT2D eigenvalue weighted by atomic mass is 10.1. The van der Waals surface area contributed by atoms with Crippen LogP contribution < -0.4 is 4.74 Å². The van der Waals surface area contributed by atoms with E-state index in [4.69, 9.17) is 4.74 Å². The minimum Gasteiger partial charge on any atom is -0.470 e. The molecule has 1 atom stereocenters. The normalized spacial score (nSPS) is 19.2. The number of carbonyl (C=O) groups excluding carboxylic acids is 1. The first kappa shape index (κ1) is 15.4. The first-order chi connectivity index (χ1) is 9.96. The smallest absolute Gasteiger partial charge is 0.470 e. The van der Waals surface area contributed by atoms with Crippen molar-refractivity contribution in [1.29, 1.82) is 0 Å². The fourth-order valence-corrected chi connectivity index (χ4v) is 2.02. The van der Waals surface area contributed by atoms with Gasteiger partial charge in [-0.2, -0.15) is 0 Å². The lowest BCUT2D eigenvalue weighted by Gasteiger charge is -2.34. The molecule has 1 fully saturated rings. The van der Waals surface area contributed by atoms with Gasteiger partial charge >= 0.3 is 12.5 Å². The summed E-state index contributed by atoms with van der Waals surface area (Å²) in [7, 11) is 0. The van der Waals surface area contributed by atoms with E-state index in [1.807, 2.05) is 0 Å². The Labute approximate surface area is 119 Å². The first-order valence-electron chi connectivity index (χ1n) is 6.40. The van der Waals surface area contributed by atoms with Gasteiger partial charge in [0.25, 0.3) is 0 Å². The summed E-state index contributed by atoms with van der Waals surface area (Å²) in [5.74, 6) is 0.527. The highest BCUT2D eigenvalue weighted by Gasteiger charge is 2.36. The molecule has 21 heavy (non-hydrogen) atoms. The van der Waals surface area contributed by atoms with E-state index in [0.29, 0.717) is 18.6 Å². The Hall–Kier alpha value is -1.96. The molecule has 0 N–H and O–H groups in total. The lowest BCUT2D eigenvalue weighted by molar-refractivity contribution is -0.460. The van der Waals surface area contributed by atoms with Crippen molar-refractivity contribution in [3.63, 3.8) is 0 Å². The third-order valence-corrected chi connectivity index (χ3v) is 2.90. The third kappa shape index (κ3) is 4.82. The summed E-state index contributed by atoms with van der Waals surface area (Å²) in [6.45, 7) is 0.248. The summed E-state index contributed by atoms with van der Waals surface area (Å²) in [5.41, 5.74) is 0. The number of halogens is 3. The SMILES string of the molecule is O=C(OOC(F)(F)F)N1CCCCC1Oc1ccccc1. The van der Waals surface area contributed by atoms with E-state index >= 15 is 0 Å². The third-order valence-electron chi connectivity index (χ3n) is 2.90. The Kier molecular flexibility index (Phi) is 4.89. The summed E-state index contributed by atoms with van der Waals surface area (Å²) in [6, 6.07) is 8.72. The highest BCUT2D eigenvalue weighted by molar-refractivity contribution is 5.67. The summed E-state index contributed by atoms with van der Waals surface area (Å²) in [6.07, 6.45) is -4.94. The van der Waals surface area contributed by atoms with E-state index < -0.39 is 18.7 Å². The molecule has 1 unspecified atom stereocenters. The van der Waals surface area contributed by atoms with Gasteiger partial charge in [0, 0.05) is 13.0 Å². The second-order valence-corrected chi connectivity index (χ2v) is 4.45. The van der Waals surface area contributed by atoms with Crippen LogP contribution in [-0.4, -0.2) is 30.1 Å². The van der Waals surface area contributed by atoms with Gasteiger partial charge in [0.2, 0.25) is 0 Å². The molecule has 1 amide bonds. The second-order valence-electron chi connectivity index (χ2n) is 4.45. The van der Waals surface area contributed by atoms with Gasteiger partial charge in [-0.15, -0.1) is 13.2 Å². The van der Waals surface area contributed by atoms with Crippen molar-refractivity contribution >= 4 is 6.09 Å². The maximum absolute atomic E-state index is 11.9. The number of carbonyl (C=O) groups is 1. The lowest BCUT2D eigenvalue weighted by Crippen LogP contribution is -2.47. The Bertz CT molecular complexity index is 466. The largest absolute Gasteiger partial charge is 0.558 e. The Morgan fingerprint density at radius 1 is 1.19 bits per heavy atom. The Balaban J connectivity index is 1.96. The quantitative estimate of drug-likeness (QED) is 0.634. The van der Waals surface area contributed by atoms with Gasteiger partial charge in [-0.05, 0) is 25.0 Å². The van der Waals surface area contributed by atoms with E-state index in [0.717, 1.165) is 11.3 Å². The van der Waals surface area contributed by atoms with Gasteiger partial charge in [0.15, 0.2) is 6.23 Å². The molecule has 2 rings (SSSR count). The van der Waals surface area contributed by atoms with Crippen LogP contribution >= 0.6 is 0 Å². The van der Waals surface area contributed by atoms with E-state index in [-0.39, 0.29) is 6.54 Å². The number of likely N-dealkylation sites (tertiary alicyclic amines) is 1. The average molecular weight is 305 g/mol. The summed E-state index contributed by atoms with van der Waals surface area (Å²) < 4.78 is 41.2. The summed E-state index contributed by atoms with van der Waals surface area (Å²) in [5, 5.41) is 0. The molecular weight excluding hydrogens is 291 g/mol. The number of piperidine rings is 1. The average Bonchev–Trinajstić information content (AvgIpc) is 2.46. The van der Waals surface area contributed by atoms with E-state index in [2.05, 4.69) is 9.78 Å². The van der Waals surface area contributed by atoms with Crippen LogP contribution in [0.1, 0.15) is 19.3 Å². The highest BCUT2D eigenvalue weighted by Crippen LogP contribution is 2.23. The van der Waals surface area contributed by atoms with Crippen molar-refractivity contribution in [1.82, 2.24) is 4.90 Å². The van der Waals surface area contributed by atoms with Crippen molar-refractivity contribution in [2.75, 3.05) is 6.54 Å². The van der Waals surface area contributed by atoms with Crippen LogP contribution in [-0.2, 0) is 9.78 Å². The number of hydrogen-bond acceptors (Lipinski definition) is 4.